The van der Waals surface area contributed by atoms with Crippen molar-refractivity contribution in [1.29, 1.82) is 0 Å². The first-order chi connectivity index (χ1) is 10.8. The molecule has 0 aromatic heterocycles. The Labute approximate surface area is 136 Å². The molecule has 1 aliphatic heterocycles. The fourth-order valence-electron chi connectivity index (χ4n) is 3.19. The molecule has 0 aliphatic carbocycles. The molecule has 0 spiro atoms. The minimum Gasteiger partial charge on any atom is -0.493 e. The van der Waals surface area contributed by atoms with Crippen LogP contribution in [-0.4, -0.2) is 27.3 Å². The second kappa shape index (κ2) is 6.59. The molecule has 1 N–H and O–H groups in total. The third-order valence-corrected chi connectivity index (χ3v) is 4.57. The highest BCUT2D eigenvalue weighted by molar-refractivity contribution is 6.31. The monoisotopic (exact) mass is 317 g/mol. The molecule has 0 amide bonds. The zero-order valence-corrected chi connectivity index (χ0v) is 13.6. The summed E-state index contributed by atoms with van der Waals surface area (Å²) in [6.07, 6.45) is 0.969. The number of methoxy groups -OCH3 is 2. The van der Waals surface area contributed by atoms with Crippen LogP contribution in [0.25, 0.3) is 0 Å². The van der Waals surface area contributed by atoms with Crippen molar-refractivity contribution in [2.24, 2.45) is 0 Å². The number of hydrogen-bond donors (Lipinski definition) is 1. The van der Waals surface area contributed by atoms with E-state index in [1.54, 1.807) is 14.2 Å². The minimum atomic E-state index is 0.149. The molecule has 0 fully saturated rings. The summed E-state index contributed by atoms with van der Waals surface area (Å²) in [5.41, 5.74) is 3.58. The van der Waals surface area contributed by atoms with Crippen LogP contribution in [0.1, 0.15) is 22.6 Å². The highest BCUT2D eigenvalue weighted by Crippen LogP contribution is 2.43. The molecule has 2 aromatic rings. The van der Waals surface area contributed by atoms with Gasteiger partial charge in [-0.05, 0) is 36.2 Å². The fraction of sp³-hybridized carbons (Fsp3) is 0.333. The lowest BCUT2D eigenvalue weighted by atomic mass is 9.87. The summed E-state index contributed by atoms with van der Waals surface area (Å²) in [6, 6.07) is 12.1. The SMILES string of the molecule is COc1ccc2c(c1OC)C(c1ccccc1Cl)CNCC2. The number of ether oxygens (including phenoxy) is 2. The molecule has 0 bridgehead atoms. The van der Waals surface area contributed by atoms with Gasteiger partial charge >= 0.3 is 0 Å². The van der Waals surface area contributed by atoms with Crippen LogP contribution in [0, 0.1) is 0 Å². The first kappa shape index (κ1) is 15.2. The summed E-state index contributed by atoms with van der Waals surface area (Å²) >= 11 is 6.45. The molecule has 1 heterocycles. The van der Waals surface area contributed by atoms with E-state index in [0.29, 0.717) is 0 Å². The van der Waals surface area contributed by atoms with E-state index in [2.05, 4.69) is 17.4 Å². The van der Waals surface area contributed by atoms with Gasteiger partial charge in [-0.15, -0.1) is 0 Å². The van der Waals surface area contributed by atoms with Crippen LogP contribution in [0.2, 0.25) is 5.02 Å². The largest absolute Gasteiger partial charge is 0.493 e. The Kier molecular flexibility index (Phi) is 4.55. The van der Waals surface area contributed by atoms with Gasteiger partial charge in [-0.1, -0.05) is 35.9 Å². The van der Waals surface area contributed by atoms with Crippen LogP contribution in [0.5, 0.6) is 11.5 Å². The first-order valence-electron chi connectivity index (χ1n) is 7.45. The summed E-state index contributed by atoms with van der Waals surface area (Å²) in [4.78, 5) is 0. The molecule has 0 radical (unpaired) electrons. The lowest BCUT2D eigenvalue weighted by Gasteiger charge is -2.23. The second-order valence-electron chi connectivity index (χ2n) is 5.40. The number of nitrogens with one attached hydrogen (secondary N) is 1. The minimum absolute atomic E-state index is 0.149. The van der Waals surface area contributed by atoms with E-state index in [9.17, 15) is 0 Å². The van der Waals surface area contributed by atoms with E-state index in [1.165, 1.54) is 11.1 Å². The molecule has 22 heavy (non-hydrogen) atoms. The summed E-state index contributed by atoms with van der Waals surface area (Å²) in [7, 11) is 3.36. The van der Waals surface area contributed by atoms with Crippen LogP contribution in [0.15, 0.2) is 36.4 Å². The molecular weight excluding hydrogens is 298 g/mol. The number of rotatable bonds is 3. The van der Waals surface area contributed by atoms with Crippen molar-refractivity contribution >= 4 is 11.6 Å². The van der Waals surface area contributed by atoms with Gasteiger partial charge in [-0.2, -0.15) is 0 Å². The first-order valence-corrected chi connectivity index (χ1v) is 7.83. The summed E-state index contributed by atoms with van der Waals surface area (Å²) in [5, 5.41) is 4.29. The Morgan fingerprint density at radius 1 is 1.09 bits per heavy atom. The Balaban J connectivity index is 2.21. The van der Waals surface area contributed by atoms with Gasteiger partial charge in [0.25, 0.3) is 0 Å². The predicted octanol–water partition coefficient (Wildman–Crippen LogP) is 3.63. The average Bonchev–Trinajstić information content (AvgIpc) is 2.76. The lowest BCUT2D eigenvalue weighted by Crippen LogP contribution is -2.21. The van der Waals surface area contributed by atoms with Gasteiger partial charge in [-0.3, -0.25) is 0 Å². The third-order valence-electron chi connectivity index (χ3n) is 4.22. The summed E-state index contributed by atoms with van der Waals surface area (Å²) < 4.78 is 11.2. The van der Waals surface area contributed by atoms with Gasteiger partial charge in [0.15, 0.2) is 11.5 Å². The van der Waals surface area contributed by atoms with E-state index >= 15 is 0 Å². The molecule has 3 nitrogen and oxygen atoms in total. The smallest absolute Gasteiger partial charge is 0.164 e. The lowest BCUT2D eigenvalue weighted by molar-refractivity contribution is 0.350. The zero-order chi connectivity index (χ0) is 15.5. The van der Waals surface area contributed by atoms with Crippen molar-refractivity contribution in [3.05, 3.63) is 58.1 Å². The van der Waals surface area contributed by atoms with E-state index in [1.807, 2.05) is 24.3 Å². The molecule has 1 atom stereocenters. The van der Waals surface area contributed by atoms with Crippen molar-refractivity contribution < 1.29 is 9.47 Å². The Bertz CT molecular complexity index is 672. The molecule has 2 aromatic carbocycles. The Morgan fingerprint density at radius 2 is 1.91 bits per heavy atom. The van der Waals surface area contributed by atoms with Crippen molar-refractivity contribution in [3.8, 4) is 11.5 Å². The van der Waals surface area contributed by atoms with E-state index in [4.69, 9.17) is 21.1 Å². The van der Waals surface area contributed by atoms with Gasteiger partial charge in [0.2, 0.25) is 0 Å². The maximum Gasteiger partial charge on any atom is 0.164 e. The van der Waals surface area contributed by atoms with E-state index in [0.717, 1.165) is 41.6 Å². The van der Waals surface area contributed by atoms with E-state index in [-0.39, 0.29) is 5.92 Å². The maximum absolute atomic E-state index is 6.45. The molecular formula is C18H20ClNO2. The molecule has 0 saturated heterocycles. The van der Waals surface area contributed by atoms with E-state index < -0.39 is 0 Å². The highest BCUT2D eigenvalue weighted by Gasteiger charge is 2.27. The molecule has 116 valence electrons. The van der Waals surface area contributed by atoms with Gasteiger partial charge in [0.05, 0.1) is 14.2 Å². The van der Waals surface area contributed by atoms with Crippen molar-refractivity contribution in [2.75, 3.05) is 27.3 Å². The van der Waals surface area contributed by atoms with Gasteiger partial charge < -0.3 is 14.8 Å². The molecule has 3 rings (SSSR count). The number of fused-ring (bicyclic) bond motifs is 1. The Hall–Kier alpha value is -1.71. The number of halogens is 1. The molecule has 0 saturated carbocycles. The average molecular weight is 318 g/mol. The van der Waals surface area contributed by atoms with Crippen LogP contribution in [-0.2, 0) is 6.42 Å². The number of benzene rings is 2. The predicted molar refractivity (Wildman–Crippen MR) is 89.4 cm³/mol. The fourth-order valence-corrected chi connectivity index (χ4v) is 3.45. The third kappa shape index (κ3) is 2.67. The standard InChI is InChI=1S/C18H20ClNO2/c1-21-16-8-7-12-9-10-20-11-14(17(12)18(16)22-2)13-5-3-4-6-15(13)19/h3-8,14,20H,9-11H2,1-2H3. The molecule has 1 unspecified atom stereocenters. The van der Waals surface area contributed by atoms with Crippen LogP contribution in [0.3, 0.4) is 0 Å². The van der Waals surface area contributed by atoms with Crippen molar-refractivity contribution in [2.45, 2.75) is 12.3 Å². The van der Waals surface area contributed by atoms with Gasteiger partial charge in [0, 0.05) is 23.0 Å². The normalized spacial score (nSPS) is 17.5. The summed E-state index contributed by atoms with van der Waals surface area (Å²) in [5.74, 6) is 1.73. The highest BCUT2D eigenvalue weighted by atomic mass is 35.5. The van der Waals surface area contributed by atoms with Gasteiger partial charge in [-0.25, -0.2) is 0 Å². The van der Waals surface area contributed by atoms with Crippen molar-refractivity contribution in [3.63, 3.8) is 0 Å². The second-order valence-corrected chi connectivity index (χ2v) is 5.81. The van der Waals surface area contributed by atoms with Crippen LogP contribution in [0.4, 0.5) is 0 Å². The van der Waals surface area contributed by atoms with Crippen LogP contribution >= 0.6 is 11.6 Å². The topological polar surface area (TPSA) is 30.5 Å². The Morgan fingerprint density at radius 3 is 2.64 bits per heavy atom. The van der Waals surface area contributed by atoms with Crippen molar-refractivity contribution in [1.82, 2.24) is 5.32 Å². The van der Waals surface area contributed by atoms with Crippen LogP contribution < -0.4 is 14.8 Å². The molecule has 4 heteroatoms. The number of hydrogen-bond acceptors (Lipinski definition) is 3. The zero-order valence-electron chi connectivity index (χ0n) is 12.9. The maximum atomic E-state index is 6.45. The summed E-state index contributed by atoms with van der Waals surface area (Å²) in [6.45, 7) is 1.78. The quantitative estimate of drug-likeness (QED) is 0.937. The van der Waals surface area contributed by atoms with Gasteiger partial charge in [0.1, 0.15) is 0 Å². The molecule has 1 aliphatic rings.